The monoisotopic (exact) mass is 548 g/mol. The molecule has 0 aromatic rings. The van der Waals surface area contributed by atoms with E-state index < -0.39 is 0 Å². The number of rotatable bonds is 11. The molecule has 4 aliphatic carbocycles. The van der Waals surface area contributed by atoms with Crippen LogP contribution in [0.3, 0.4) is 0 Å². The molecular weight excluding hydrogens is 476 g/mol. The van der Waals surface area contributed by atoms with Gasteiger partial charge in [-0.2, -0.15) is 0 Å². The average Bonchev–Trinajstić information content (AvgIpc) is 3.28. The summed E-state index contributed by atoms with van der Waals surface area (Å²) in [5.74, 6) is 5.15. The second kappa shape index (κ2) is 16.2. The van der Waals surface area contributed by atoms with E-state index in [4.69, 9.17) is 0 Å². The number of unbranched alkanes of at least 4 members (excludes halogenated alkanes) is 1. The number of quaternary nitrogens is 1. The summed E-state index contributed by atoms with van der Waals surface area (Å²) >= 11 is 0. The molecule has 1 N–H and O–H groups in total. The Labute approximate surface area is 245 Å². The summed E-state index contributed by atoms with van der Waals surface area (Å²) < 4.78 is 1.08. The third kappa shape index (κ3) is 8.48. The van der Waals surface area contributed by atoms with Gasteiger partial charge in [0.05, 0.1) is 27.2 Å². The van der Waals surface area contributed by atoms with Crippen molar-refractivity contribution in [2.75, 3.05) is 33.7 Å². The van der Waals surface area contributed by atoms with Gasteiger partial charge in [0.15, 0.2) is 0 Å². The Bertz CT molecular complexity index is 704. The highest BCUT2D eigenvalue weighted by Crippen LogP contribution is 2.67. The lowest BCUT2D eigenvalue weighted by atomic mass is 9.45. The number of carbonyl (C=O) groups excluding carboxylic acids is 1. The molecule has 4 fully saturated rings. The molecule has 1 amide bonds. The topological polar surface area (TPSA) is 29.1 Å². The van der Waals surface area contributed by atoms with Crippen LogP contribution in [0.1, 0.15) is 151 Å². The van der Waals surface area contributed by atoms with E-state index in [9.17, 15) is 4.79 Å². The number of hydrogen-bond donors (Lipinski definition) is 1. The quantitative estimate of drug-likeness (QED) is 0.202. The Morgan fingerprint density at radius 2 is 1.49 bits per heavy atom. The number of nitrogens with one attached hydrogen (secondary N) is 1. The third-order valence-corrected chi connectivity index (χ3v) is 12.1. The fraction of sp³-hybridized carbons (Fsp3) is 0.972. The number of nitrogens with zero attached hydrogens (tertiary/aromatic N) is 1. The Morgan fingerprint density at radius 3 is 2.21 bits per heavy atom. The lowest BCUT2D eigenvalue weighted by Crippen LogP contribution is -2.52. The number of fused-ring (bicyclic) bond motifs is 5. The molecule has 4 saturated carbocycles. The van der Waals surface area contributed by atoms with Crippen molar-refractivity contribution in [1.82, 2.24) is 5.32 Å². The first-order valence-electron chi connectivity index (χ1n) is 17.8. The third-order valence-electron chi connectivity index (χ3n) is 12.1. The summed E-state index contributed by atoms with van der Waals surface area (Å²) in [4.78, 5) is 12.5. The van der Waals surface area contributed by atoms with E-state index in [1.807, 2.05) is 27.7 Å². The molecule has 7 atom stereocenters. The highest BCUT2D eigenvalue weighted by Gasteiger charge is 2.59. The van der Waals surface area contributed by atoms with Gasteiger partial charge in [-0.15, -0.1) is 0 Å². The molecular formula is C36H71N2O+. The van der Waals surface area contributed by atoms with Gasteiger partial charge < -0.3 is 9.80 Å². The summed E-state index contributed by atoms with van der Waals surface area (Å²) in [6.45, 7) is 18.9. The second-order valence-corrected chi connectivity index (χ2v) is 14.6. The molecule has 0 bridgehead atoms. The predicted molar refractivity (Wildman–Crippen MR) is 171 cm³/mol. The SMILES string of the molecule is CC.CC.CCCC[N+](C)(C)CCCNC(=O)CCCC1CCC2C3CCC4CCCCC4(C)C3CCC12C. The average molecular weight is 548 g/mol. The van der Waals surface area contributed by atoms with Crippen LogP contribution in [0.25, 0.3) is 0 Å². The van der Waals surface area contributed by atoms with Gasteiger partial charge in [-0.1, -0.05) is 67.7 Å². The van der Waals surface area contributed by atoms with E-state index in [1.54, 1.807) is 0 Å². The van der Waals surface area contributed by atoms with Crippen LogP contribution in [0, 0.1) is 40.4 Å². The minimum absolute atomic E-state index is 0.288. The maximum atomic E-state index is 12.5. The van der Waals surface area contributed by atoms with Gasteiger partial charge in [0.25, 0.3) is 0 Å². The fourth-order valence-electron chi connectivity index (χ4n) is 9.91. The lowest BCUT2D eigenvalue weighted by molar-refractivity contribution is -0.890. The van der Waals surface area contributed by atoms with Crippen LogP contribution in [-0.2, 0) is 4.79 Å². The molecule has 230 valence electrons. The van der Waals surface area contributed by atoms with Crippen molar-refractivity contribution in [3.8, 4) is 0 Å². The van der Waals surface area contributed by atoms with Crippen molar-refractivity contribution in [3.63, 3.8) is 0 Å². The smallest absolute Gasteiger partial charge is 0.219 e. The molecule has 0 radical (unpaired) electrons. The van der Waals surface area contributed by atoms with Gasteiger partial charge in [-0.05, 0) is 111 Å². The summed E-state index contributed by atoms with van der Waals surface area (Å²) in [5, 5.41) is 3.22. The van der Waals surface area contributed by atoms with E-state index in [2.05, 4.69) is 40.2 Å². The molecule has 0 saturated heterocycles. The predicted octanol–water partition coefficient (Wildman–Crippen LogP) is 9.64. The molecule has 0 aromatic heterocycles. The van der Waals surface area contributed by atoms with Crippen molar-refractivity contribution >= 4 is 5.91 Å². The van der Waals surface area contributed by atoms with Crippen LogP contribution in [0.4, 0.5) is 0 Å². The molecule has 0 heterocycles. The maximum Gasteiger partial charge on any atom is 0.219 e. The van der Waals surface area contributed by atoms with Crippen molar-refractivity contribution < 1.29 is 9.28 Å². The van der Waals surface area contributed by atoms with Gasteiger partial charge in [0, 0.05) is 19.4 Å². The van der Waals surface area contributed by atoms with Crippen molar-refractivity contribution in [2.45, 2.75) is 151 Å². The second-order valence-electron chi connectivity index (χ2n) is 14.6. The first-order valence-corrected chi connectivity index (χ1v) is 17.8. The summed E-state index contributed by atoms with van der Waals surface area (Å²) in [7, 11) is 4.64. The maximum absolute atomic E-state index is 12.5. The van der Waals surface area contributed by atoms with E-state index in [1.165, 1.54) is 90.0 Å². The zero-order valence-corrected chi connectivity index (χ0v) is 28.2. The fourth-order valence-corrected chi connectivity index (χ4v) is 9.91. The molecule has 4 rings (SSSR count). The minimum atomic E-state index is 0.288. The standard InChI is InChI=1S/C32H58N2O.2C2H6/c1-6-7-23-34(4,5)24-11-22-33-30(35)14-10-13-26-16-18-28-27-17-15-25-12-8-9-20-31(25,2)29(27)19-21-32(26,28)3;2*1-2/h25-29H,6-24H2,1-5H3;2*1-2H3/p+1. The molecule has 0 spiro atoms. The first-order chi connectivity index (χ1) is 18.7. The number of hydrogen-bond acceptors (Lipinski definition) is 1. The van der Waals surface area contributed by atoms with Gasteiger partial charge in [0.2, 0.25) is 5.91 Å². The highest BCUT2D eigenvalue weighted by atomic mass is 16.1. The van der Waals surface area contributed by atoms with E-state index in [-0.39, 0.29) is 5.91 Å². The molecule has 3 heteroatoms. The molecule has 39 heavy (non-hydrogen) atoms. The Morgan fingerprint density at radius 1 is 0.795 bits per heavy atom. The minimum Gasteiger partial charge on any atom is -0.356 e. The van der Waals surface area contributed by atoms with E-state index in [0.29, 0.717) is 10.8 Å². The molecule has 0 aliphatic heterocycles. The lowest BCUT2D eigenvalue weighted by Gasteiger charge is -2.60. The largest absolute Gasteiger partial charge is 0.356 e. The van der Waals surface area contributed by atoms with Crippen LogP contribution in [0.2, 0.25) is 0 Å². The molecule has 3 nitrogen and oxygen atoms in total. The summed E-state index contributed by atoms with van der Waals surface area (Å²) in [5.41, 5.74) is 1.21. The molecule has 7 unspecified atom stereocenters. The normalized spacial score (nSPS) is 35.3. The van der Waals surface area contributed by atoms with Gasteiger partial charge >= 0.3 is 0 Å². The Kier molecular flexibility index (Phi) is 14.4. The number of carbonyl (C=O) groups is 1. The van der Waals surface area contributed by atoms with Crippen molar-refractivity contribution in [3.05, 3.63) is 0 Å². The van der Waals surface area contributed by atoms with Crippen molar-refractivity contribution in [2.24, 2.45) is 40.4 Å². The van der Waals surface area contributed by atoms with Crippen molar-refractivity contribution in [1.29, 1.82) is 0 Å². The van der Waals surface area contributed by atoms with E-state index in [0.717, 1.165) is 66.4 Å². The zero-order chi connectivity index (χ0) is 29.1. The molecule has 0 aromatic carbocycles. The summed E-state index contributed by atoms with van der Waals surface area (Å²) in [6, 6.07) is 0. The van der Waals surface area contributed by atoms with Crippen LogP contribution < -0.4 is 5.32 Å². The van der Waals surface area contributed by atoms with E-state index >= 15 is 0 Å². The Balaban J connectivity index is 0.00000127. The Hall–Kier alpha value is -0.570. The van der Waals surface area contributed by atoms with Crippen LogP contribution >= 0.6 is 0 Å². The van der Waals surface area contributed by atoms with Crippen LogP contribution in [-0.4, -0.2) is 44.1 Å². The van der Waals surface area contributed by atoms with Gasteiger partial charge in [-0.3, -0.25) is 4.79 Å². The molecule has 4 aliphatic rings. The zero-order valence-electron chi connectivity index (χ0n) is 28.2. The van der Waals surface area contributed by atoms with Gasteiger partial charge in [0.1, 0.15) is 0 Å². The van der Waals surface area contributed by atoms with Crippen LogP contribution in [0.5, 0.6) is 0 Å². The van der Waals surface area contributed by atoms with Gasteiger partial charge in [-0.25, -0.2) is 0 Å². The van der Waals surface area contributed by atoms with Crippen LogP contribution in [0.15, 0.2) is 0 Å². The first kappa shape index (κ1) is 34.6. The highest BCUT2D eigenvalue weighted by molar-refractivity contribution is 5.75. The number of amides is 1. The summed E-state index contributed by atoms with van der Waals surface area (Å²) in [6.07, 6.45) is 21.6.